The van der Waals surface area contributed by atoms with E-state index in [-0.39, 0.29) is 0 Å². The Hall–Kier alpha value is -3.26. The van der Waals surface area contributed by atoms with Gasteiger partial charge < -0.3 is 10.2 Å². The number of hydrogen-bond acceptors (Lipinski definition) is 6. The fourth-order valence-electron chi connectivity index (χ4n) is 5.09. The maximum atomic E-state index is 12.0. The first-order valence-corrected chi connectivity index (χ1v) is 11.7. The van der Waals surface area contributed by atoms with E-state index in [4.69, 9.17) is 4.99 Å². The molecule has 1 N–H and O–H groups in total. The molecule has 33 heavy (non-hydrogen) atoms. The highest BCUT2D eigenvalue weighted by atomic mass is 16.1. The molecule has 2 aromatic heterocycles. The first-order chi connectivity index (χ1) is 16.1. The van der Waals surface area contributed by atoms with Crippen molar-refractivity contribution < 1.29 is 4.79 Å². The number of aliphatic imine (C=N–C) groups is 1. The molecule has 1 atom stereocenters. The number of aromatic nitrogens is 3. The zero-order chi connectivity index (χ0) is 22.9. The number of piperidine rings is 1. The van der Waals surface area contributed by atoms with Crippen molar-refractivity contribution in [3.05, 3.63) is 53.1 Å². The number of carbonyl (C=O) groups is 1. The molecule has 1 aromatic carbocycles. The number of anilines is 1. The average Bonchev–Trinajstić information content (AvgIpc) is 3.26. The third-order valence-corrected chi connectivity index (χ3v) is 6.81. The summed E-state index contributed by atoms with van der Waals surface area (Å²) in [6, 6.07) is 8.58. The number of nitrogens with zero attached hydrogens (tertiary/aromatic N) is 6. The highest BCUT2D eigenvalue weighted by Crippen LogP contribution is 2.29. The summed E-state index contributed by atoms with van der Waals surface area (Å²) in [5.74, 6) is 0.613. The zero-order valence-electron chi connectivity index (χ0n) is 19.6. The first-order valence-electron chi connectivity index (χ1n) is 11.7. The Morgan fingerprint density at radius 1 is 1.18 bits per heavy atom. The Bertz CT molecular complexity index is 1210. The molecule has 4 heterocycles. The maximum absolute atomic E-state index is 12.0. The minimum Gasteiger partial charge on any atom is -0.371 e. The molecule has 172 valence electrons. The van der Waals surface area contributed by atoms with E-state index in [0.29, 0.717) is 28.8 Å². The van der Waals surface area contributed by atoms with Gasteiger partial charge in [0.25, 0.3) is 0 Å². The number of piperazine rings is 1. The molecular weight excluding hydrogens is 414 g/mol. The van der Waals surface area contributed by atoms with Gasteiger partial charge in [-0.2, -0.15) is 5.10 Å². The van der Waals surface area contributed by atoms with Gasteiger partial charge >= 0.3 is 0 Å². The zero-order valence-corrected chi connectivity index (χ0v) is 19.6. The second kappa shape index (κ2) is 8.94. The molecule has 8 heteroatoms. The number of aryl methyl sites for hydroxylation is 2. The van der Waals surface area contributed by atoms with Crippen molar-refractivity contribution in [3.8, 4) is 0 Å². The molecule has 8 nitrogen and oxygen atoms in total. The number of rotatable bonds is 4. The van der Waals surface area contributed by atoms with Crippen molar-refractivity contribution >= 4 is 29.0 Å². The SMILES string of the molecule is CN/C(=N\c1ccc(N2CCN3CCCCC3C2)cc1C=O)c1cc2c(C)nc(C)cn2n1. The molecule has 0 saturated carbocycles. The van der Waals surface area contributed by atoms with Gasteiger partial charge in [-0.3, -0.25) is 14.7 Å². The van der Waals surface area contributed by atoms with Crippen LogP contribution in [-0.2, 0) is 0 Å². The molecule has 2 saturated heterocycles. The predicted molar refractivity (Wildman–Crippen MR) is 131 cm³/mol. The molecule has 2 aliphatic heterocycles. The van der Waals surface area contributed by atoms with E-state index >= 15 is 0 Å². The number of nitrogens with one attached hydrogen (secondary N) is 1. The van der Waals surface area contributed by atoms with Gasteiger partial charge in [0.15, 0.2) is 12.1 Å². The van der Waals surface area contributed by atoms with E-state index in [2.05, 4.69) is 31.3 Å². The Kier molecular flexibility index (Phi) is 5.85. The Morgan fingerprint density at radius 3 is 2.88 bits per heavy atom. The quantitative estimate of drug-likeness (QED) is 0.378. The fourth-order valence-corrected chi connectivity index (χ4v) is 5.09. The molecule has 3 aromatic rings. The lowest BCUT2D eigenvalue weighted by Crippen LogP contribution is -2.54. The highest BCUT2D eigenvalue weighted by molar-refractivity contribution is 6.01. The van der Waals surface area contributed by atoms with Gasteiger partial charge in [0.2, 0.25) is 0 Å². The summed E-state index contributed by atoms with van der Waals surface area (Å²) in [4.78, 5) is 26.3. The summed E-state index contributed by atoms with van der Waals surface area (Å²) in [7, 11) is 1.82. The Balaban J connectivity index is 1.44. The van der Waals surface area contributed by atoms with Crippen molar-refractivity contribution in [2.75, 3.05) is 38.1 Å². The van der Waals surface area contributed by atoms with E-state index in [0.717, 1.165) is 48.5 Å². The van der Waals surface area contributed by atoms with Crippen LogP contribution in [0.5, 0.6) is 0 Å². The van der Waals surface area contributed by atoms with Gasteiger partial charge in [0.05, 0.1) is 28.8 Å². The van der Waals surface area contributed by atoms with Crippen LogP contribution >= 0.6 is 0 Å². The number of fused-ring (bicyclic) bond motifs is 2. The van der Waals surface area contributed by atoms with Gasteiger partial charge in [0, 0.05) is 44.0 Å². The molecular formula is C25H31N7O. The number of carbonyl (C=O) groups excluding carboxylic acids is 1. The monoisotopic (exact) mass is 445 g/mol. The molecule has 2 fully saturated rings. The molecule has 1 unspecified atom stereocenters. The van der Waals surface area contributed by atoms with Crippen molar-refractivity contribution in [3.63, 3.8) is 0 Å². The lowest BCUT2D eigenvalue weighted by molar-refractivity contribution is 0.112. The maximum Gasteiger partial charge on any atom is 0.154 e. The second-order valence-electron chi connectivity index (χ2n) is 9.03. The van der Waals surface area contributed by atoms with Crippen molar-refractivity contribution in [2.24, 2.45) is 4.99 Å². The fraction of sp³-hybridized carbons (Fsp3) is 0.440. The number of benzene rings is 1. The molecule has 0 spiro atoms. The summed E-state index contributed by atoms with van der Waals surface area (Å²) < 4.78 is 1.83. The first kappa shape index (κ1) is 21.6. The Morgan fingerprint density at radius 2 is 2.06 bits per heavy atom. The van der Waals surface area contributed by atoms with E-state index in [1.807, 2.05) is 49.8 Å². The van der Waals surface area contributed by atoms with Crippen LogP contribution in [0.3, 0.4) is 0 Å². The number of amidine groups is 1. The number of aldehydes is 1. The van der Waals surface area contributed by atoms with Crippen molar-refractivity contribution in [1.29, 1.82) is 0 Å². The summed E-state index contributed by atoms with van der Waals surface area (Å²) in [5, 5.41) is 7.81. The molecule has 5 rings (SSSR count). The third kappa shape index (κ3) is 4.23. The van der Waals surface area contributed by atoms with Gasteiger partial charge in [-0.1, -0.05) is 6.42 Å². The van der Waals surface area contributed by atoms with Gasteiger partial charge in [-0.05, 0) is 57.5 Å². The standard InChI is InChI=1S/C25H31N7O/c1-17-14-32-24(18(2)27-17)13-23(29-32)25(26-3)28-22-8-7-20(12-19(22)16-33)31-11-10-30-9-5-4-6-21(30)15-31/h7-8,12-14,16,21H,4-6,9-11,15H2,1-3H3,(H,26,28). The highest BCUT2D eigenvalue weighted by Gasteiger charge is 2.29. The lowest BCUT2D eigenvalue weighted by Gasteiger charge is -2.45. The summed E-state index contributed by atoms with van der Waals surface area (Å²) >= 11 is 0. The molecule has 0 radical (unpaired) electrons. The smallest absolute Gasteiger partial charge is 0.154 e. The minimum absolute atomic E-state index is 0.587. The third-order valence-electron chi connectivity index (χ3n) is 6.81. The van der Waals surface area contributed by atoms with Crippen LogP contribution in [0.25, 0.3) is 5.52 Å². The lowest BCUT2D eigenvalue weighted by atomic mass is 9.99. The van der Waals surface area contributed by atoms with E-state index < -0.39 is 0 Å². The summed E-state index contributed by atoms with van der Waals surface area (Å²) in [5.41, 5.74) is 5.79. The second-order valence-corrected chi connectivity index (χ2v) is 9.03. The average molecular weight is 446 g/mol. The van der Waals surface area contributed by atoms with Crippen molar-refractivity contribution in [1.82, 2.24) is 24.8 Å². The van der Waals surface area contributed by atoms with Gasteiger partial charge in [-0.15, -0.1) is 0 Å². The summed E-state index contributed by atoms with van der Waals surface area (Å²) in [6.07, 6.45) is 6.68. The van der Waals surface area contributed by atoms with Crippen LogP contribution in [0, 0.1) is 13.8 Å². The molecule has 0 bridgehead atoms. The van der Waals surface area contributed by atoms with Gasteiger partial charge in [0.1, 0.15) is 5.69 Å². The van der Waals surface area contributed by atoms with Gasteiger partial charge in [-0.25, -0.2) is 9.51 Å². The normalized spacial score (nSPS) is 19.5. The largest absolute Gasteiger partial charge is 0.371 e. The van der Waals surface area contributed by atoms with Crippen LogP contribution < -0.4 is 10.2 Å². The topological polar surface area (TPSA) is 78.1 Å². The Labute approximate surface area is 194 Å². The number of hydrogen-bond donors (Lipinski definition) is 1. The minimum atomic E-state index is 0.587. The van der Waals surface area contributed by atoms with Crippen LogP contribution in [-0.4, -0.2) is 70.9 Å². The van der Waals surface area contributed by atoms with E-state index in [9.17, 15) is 4.79 Å². The van der Waals surface area contributed by atoms with Crippen LogP contribution in [0.1, 0.15) is 46.7 Å². The molecule has 2 aliphatic rings. The predicted octanol–water partition coefficient (Wildman–Crippen LogP) is 3.13. The molecule has 0 amide bonds. The van der Waals surface area contributed by atoms with Crippen molar-refractivity contribution in [2.45, 2.75) is 39.2 Å². The molecule has 0 aliphatic carbocycles. The summed E-state index contributed by atoms with van der Waals surface area (Å²) in [6.45, 7) is 8.25. The van der Waals surface area contributed by atoms with E-state index in [1.165, 1.54) is 25.8 Å². The van der Waals surface area contributed by atoms with Crippen LogP contribution in [0.4, 0.5) is 11.4 Å². The van der Waals surface area contributed by atoms with Crippen LogP contribution in [0.2, 0.25) is 0 Å². The van der Waals surface area contributed by atoms with Crippen LogP contribution in [0.15, 0.2) is 35.5 Å². The van der Waals surface area contributed by atoms with E-state index in [1.54, 1.807) is 0 Å².